The number of benzene rings is 2. The first-order valence-corrected chi connectivity index (χ1v) is 12.6. The molecular weight excluding hydrogens is 462 g/mol. The number of hydrogen-bond donors (Lipinski definition) is 2. The molecule has 7 nitrogen and oxygen atoms in total. The number of anilines is 1. The average molecular weight is 496 g/mol. The van der Waals surface area contributed by atoms with E-state index in [2.05, 4.69) is 5.32 Å². The number of primary amides is 1. The van der Waals surface area contributed by atoms with E-state index in [1.807, 2.05) is 37.4 Å². The monoisotopic (exact) mass is 495 g/mol. The van der Waals surface area contributed by atoms with Crippen LogP contribution in [0, 0.1) is 5.41 Å². The third-order valence-electron chi connectivity index (χ3n) is 6.74. The first kappa shape index (κ1) is 27.0. The van der Waals surface area contributed by atoms with Gasteiger partial charge in [-0.3, -0.25) is 9.10 Å². The molecule has 9 heteroatoms. The van der Waals surface area contributed by atoms with Crippen LogP contribution in [0.25, 0.3) is 11.1 Å². The van der Waals surface area contributed by atoms with Crippen LogP contribution in [0.3, 0.4) is 0 Å². The normalized spacial score (nSPS) is 20.5. The van der Waals surface area contributed by atoms with Gasteiger partial charge in [-0.05, 0) is 80.1 Å². The molecule has 0 unspecified atom stereocenters. The van der Waals surface area contributed by atoms with Crippen LogP contribution in [0.15, 0.2) is 42.5 Å². The van der Waals surface area contributed by atoms with E-state index < -0.39 is 15.4 Å². The Morgan fingerprint density at radius 1 is 1.15 bits per heavy atom. The van der Waals surface area contributed by atoms with Crippen molar-refractivity contribution < 1.29 is 17.9 Å². The molecule has 0 atom stereocenters. The van der Waals surface area contributed by atoms with Crippen LogP contribution < -0.4 is 20.1 Å². The molecule has 182 valence electrons. The van der Waals surface area contributed by atoms with Gasteiger partial charge in [0.1, 0.15) is 5.75 Å². The number of rotatable bonds is 8. The van der Waals surface area contributed by atoms with Gasteiger partial charge in [-0.15, -0.1) is 12.4 Å². The fourth-order valence-electron chi connectivity index (χ4n) is 4.49. The molecular formula is C24H34ClN3O4S. The molecule has 2 aromatic rings. The molecule has 33 heavy (non-hydrogen) atoms. The van der Waals surface area contributed by atoms with E-state index in [0.717, 1.165) is 48.1 Å². The molecule has 0 aromatic heterocycles. The molecule has 1 saturated carbocycles. The highest BCUT2D eigenvalue weighted by Gasteiger charge is 2.40. The Hall–Kier alpha value is -2.29. The number of nitrogens with two attached hydrogens (primary N) is 1. The van der Waals surface area contributed by atoms with Crippen LogP contribution in [-0.2, 0) is 21.2 Å². The Morgan fingerprint density at radius 3 is 2.21 bits per heavy atom. The van der Waals surface area contributed by atoms with E-state index in [1.165, 1.54) is 17.6 Å². The molecule has 1 aliphatic rings. The van der Waals surface area contributed by atoms with Gasteiger partial charge < -0.3 is 15.8 Å². The molecule has 0 heterocycles. The van der Waals surface area contributed by atoms with Crippen molar-refractivity contribution in [2.45, 2.75) is 38.1 Å². The van der Waals surface area contributed by atoms with E-state index in [4.69, 9.17) is 10.5 Å². The minimum absolute atomic E-state index is 0. The van der Waals surface area contributed by atoms with Crippen molar-refractivity contribution in [3.63, 3.8) is 0 Å². The van der Waals surface area contributed by atoms with Crippen molar-refractivity contribution in [1.29, 1.82) is 0 Å². The van der Waals surface area contributed by atoms with Crippen LogP contribution >= 0.6 is 12.4 Å². The lowest BCUT2D eigenvalue weighted by molar-refractivity contribution is -0.129. The average Bonchev–Trinajstić information content (AvgIpc) is 2.78. The third kappa shape index (κ3) is 5.99. The lowest BCUT2D eigenvalue weighted by Gasteiger charge is -2.38. The number of nitrogens with one attached hydrogen (secondary N) is 1. The SMILES string of the molecule is CNC1CCC(Cc2cc(-c3ccc(N(C)S(C)(=O)=O)cc3)ccc2OC)(C(N)=O)CC1.Cl. The molecule has 3 N–H and O–H groups in total. The molecule has 0 radical (unpaired) electrons. The highest BCUT2D eigenvalue weighted by molar-refractivity contribution is 7.92. The quantitative estimate of drug-likeness (QED) is 0.584. The van der Waals surface area contributed by atoms with Crippen molar-refractivity contribution >= 4 is 34.0 Å². The van der Waals surface area contributed by atoms with Gasteiger partial charge in [0.05, 0.1) is 24.5 Å². The van der Waals surface area contributed by atoms with Crippen molar-refractivity contribution in [2.75, 3.05) is 31.8 Å². The van der Waals surface area contributed by atoms with Crippen LogP contribution in [0.2, 0.25) is 0 Å². The molecule has 0 saturated heterocycles. The predicted molar refractivity (Wildman–Crippen MR) is 136 cm³/mol. The third-order valence-corrected chi connectivity index (χ3v) is 7.95. The van der Waals surface area contributed by atoms with Gasteiger partial charge >= 0.3 is 0 Å². The second-order valence-corrected chi connectivity index (χ2v) is 10.7. The van der Waals surface area contributed by atoms with E-state index in [1.54, 1.807) is 19.2 Å². The van der Waals surface area contributed by atoms with Crippen LogP contribution in [0.4, 0.5) is 5.69 Å². The number of hydrogen-bond acceptors (Lipinski definition) is 5. The van der Waals surface area contributed by atoms with Gasteiger partial charge in [0.25, 0.3) is 0 Å². The van der Waals surface area contributed by atoms with E-state index in [0.29, 0.717) is 18.2 Å². The maximum atomic E-state index is 12.5. The number of ether oxygens (including phenoxy) is 1. The Morgan fingerprint density at radius 2 is 1.73 bits per heavy atom. The van der Waals surface area contributed by atoms with Gasteiger partial charge in [-0.25, -0.2) is 8.42 Å². The largest absolute Gasteiger partial charge is 0.496 e. The zero-order valence-corrected chi connectivity index (χ0v) is 21.3. The minimum atomic E-state index is -3.32. The summed E-state index contributed by atoms with van der Waals surface area (Å²) in [6.07, 6.45) is 5.02. The molecule has 0 aliphatic heterocycles. The van der Waals surface area contributed by atoms with Crippen molar-refractivity contribution in [1.82, 2.24) is 5.32 Å². The maximum absolute atomic E-state index is 12.5. The number of amides is 1. The van der Waals surface area contributed by atoms with Gasteiger partial charge in [0.15, 0.2) is 0 Å². The Balaban J connectivity index is 0.00000385. The van der Waals surface area contributed by atoms with Crippen LogP contribution in [0.5, 0.6) is 5.75 Å². The smallest absolute Gasteiger partial charge is 0.231 e. The number of halogens is 1. The number of sulfonamides is 1. The van der Waals surface area contributed by atoms with Gasteiger partial charge in [0.2, 0.25) is 15.9 Å². The van der Waals surface area contributed by atoms with Crippen molar-refractivity contribution in [3.8, 4) is 16.9 Å². The minimum Gasteiger partial charge on any atom is -0.496 e. The maximum Gasteiger partial charge on any atom is 0.231 e. The summed E-state index contributed by atoms with van der Waals surface area (Å²) in [5, 5.41) is 3.30. The van der Waals surface area contributed by atoms with E-state index >= 15 is 0 Å². The van der Waals surface area contributed by atoms with Crippen molar-refractivity contribution in [2.24, 2.45) is 11.1 Å². The molecule has 0 spiro atoms. The summed E-state index contributed by atoms with van der Waals surface area (Å²) in [5.41, 5.74) is 8.79. The van der Waals surface area contributed by atoms with Gasteiger partial charge in [-0.1, -0.05) is 18.2 Å². The number of methoxy groups -OCH3 is 1. The predicted octanol–water partition coefficient (Wildman–Crippen LogP) is 3.36. The highest BCUT2D eigenvalue weighted by atomic mass is 35.5. The lowest BCUT2D eigenvalue weighted by Crippen LogP contribution is -2.45. The first-order valence-electron chi connectivity index (χ1n) is 10.8. The molecule has 3 rings (SSSR count). The number of carbonyl (C=O) groups is 1. The Labute approximate surface area is 203 Å². The summed E-state index contributed by atoms with van der Waals surface area (Å²) >= 11 is 0. The second-order valence-electron chi connectivity index (χ2n) is 8.69. The number of nitrogens with zero attached hydrogens (tertiary/aromatic N) is 1. The first-order chi connectivity index (χ1) is 15.1. The summed E-state index contributed by atoms with van der Waals surface area (Å²) < 4.78 is 30.4. The summed E-state index contributed by atoms with van der Waals surface area (Å²) in [7, 11) is 1.79. The van der Waals surface area contributed by atoms with Gasteiger partial charge in [-0.2, -0.15) is 0 Å². The van der Waals surface area contributed by atoms with Crippen molar-refractivity contribution in [3.05, 3.63) is 48.0 Å². The standard InChI is InChI=1S/C24H33N3O4S.ClH/c1-26-20-11-13-24(14-12-20,23(25)28)16-19-15-18(7-10-22(19)31-3)17-5-8-21(9-6-17)27(2)32(4,29)30;/h5-10,15,20,26H,11-14,16H2,1-4H3,(H2,25,28);1H. The molecule has 1 aliphatic carbocycles. The fraction of sp³-hybridized carbons (Fsp3) is 0.458. The lowest BCUT2D eigenvalue weighted by atomic mass is 9.68. The zero-order chi connectivity index (χ0) is 23.5. The molecule has 0 bridgehead atoms. The summed E-state index contributed by atoms with van der Waals surface area (Å²) in [4.78, 5) is 12.5. The topological polar surface area (TPSA) is 102 Å². The summed E-state index contributed by atoms with van der Waals surface area (Å²) in [6, 6.07) is 13.7. The van der Waals surface area contributed by atoms with Gasteiger partial charge in [0, 0.05) is 13.1 Å². The zero-order valence-electron chi connectivity index (χ0n) is 19.6. The molecule has 2 aromatic carbocycles. The van der Waals surface area contributed by atoms with E-state index in [-0.39, 0.29) is 18.3 Å². The second kappa shape index (κ2) is 10.8. The fourth-order valence-corrected chi connectivity index (χ4v) is 4.99. The highest BCUT2D eigenvalue weighted by Crippen LogP contribution is 2.41. The van der Waals surface area contributed by atoms with Crippen LogP contribution in [-0.4, -0.2) is 47.8 Å². The Bertz CT molecular complexity index is 1070. The molecule has 1 amide bonds. The summed E-state index contributed by atoms with van der Waals surface area (Å²) in [6.45, 7) is 0. The van der Waals surface area contributed by atoms with Crippen LogP contribution in [0.1, 0.15) is 31.2 Å². The number of carbonyl (C=O) groups excluding carboxylic acids is 1. The van der Waals surface area contributed by atoms with E-state index in [9.17, 15) is 13.2 Å². The molecule has 1 fully saturated rings. The Kier molecular flexibility index (Phi) is 8.79. The summed E-state index contributed by atoms with van der Waals surface area (Å²) in [5.74, 6) is 0.478.